The molecule has 0 fully saturated rings. The van der Waals surface area contributed by atoms with Crippen LogP contribution in [0, 0.1) is 0 Å². The minimum absolute atomic E-state index is 0.0672. The molecule has 3 rings (SSSR count). The van der Waals surface area contributed by atoms with Crippen molar-refractivity contribution in [2.45, 2.75) is 58.1 Å². The van der Waals surface area contributed by atoms with Crippen LogP contribution in [-0.2, 0) is 5.41 Å². The Labute approximate surface area is 161 Å². The minimum atomic E-state index is -0.368. The first kappa shape index (κ1) is 19.3. The number of carbonyl (C=O) groups is 1. The summed E-state index contributed by atoms with van der Waals surface area (Å²) < 4.78 is 11.4. The van der Waals surface area contributed by atoms with Gasteiger partial charge in [0, 0.05) is 23.6 Å². The fraction of sp³-hybridized carbons (Fsp3) is 0.435. The largest absolute Gasteiger partial charge is 0.497 e. The highest BCUT2D eigenvalue weighted by molar-refractivity contribution is 5.94. The summed E-state index contributed by atoms with van der Waals surface area (Å²) in [6, 6.07) is 13.5. The average Bonchev–Trinajstić information content (AvgIpc) is 2.59. The molecule has 1 heterocycles. The Hall–Kier alpha value is -2.49. The predicted molar refractivity (Wildman–Crippen MR) is 108 cm³/mol. The van der Waals surface area contributed by atoms with Crippen LogP contribution < -0.4 is 14.8 Å². The predicted octanol–water partition coefficient (Wildman–Crippen LogP) is 5.02. The van der Waals surface area contributed by atoms with E-state index in [9.17, 15) is 4.79 Å². The van der Waals surface area contributed by atoms with Crippen LogP contribution in [0.15, 0.2) is 42.5 Å². The first-order chi connectivity index (χ1) is 12.6. The van der Waals surface area contributed by atoms with E-state index in [2.05, 4.69) is 26.1 Å². The Balaban J connectivity index is 1.83. The third kappa shape index (κ3) is 4.26. The Morgan fingerprint density at radius 2 is 1.81 bits per heavy atom. The number of methoxy groups -OCH3 is 1. The van der Waals surface area contributed by atoms with Crippen LogP contribution in [0.25, 0.3) is 0 Å². The quantitative estimate of drug-likeness (QED) is 0.828. The minimum Gasteiger partial charge on any atom is -0.497 e. The molecule has 0 radical (unpaired) electrons. The number of hydrogen-bond acceptors (Lipinski definition) is 3. The van der Waals surface area contributed by atoms with E-state index in [1.807, 2.05) is 56.3 Å². The summed E-state index contributed by atoms with van der Waals surface area (Å²) in [5, 5.41) is 3.18. The molecule has 0 aliphatic carbocycles. The molecule has 1 aliphatic heterocycles. The molecule has 144 valence electrons. The van der Waals surface area contributed by atoms with E-state index in [1.54, 1.807) is 7.11 Å². The van der Waals surface area contributed by atoms with Crippen molar-refractivity contribution in [3.05, 3.63) is 59.2 Å². The lowest BCUT2D eigenvalue weighted by Gasteiger charge is -2.38. The van der Waals surface area contributed by atoms with Gasteiger partial charge < -0.3 is 14.8 Å². The van der Waals surface area contributed by atoms with Crippen molar-refractivity contribution < 1.29 is 14.3 Å². The molecule has 0 spiro atoms. The van der Waals surface area contributed by atoms with Gasteiger partial charge in [-0.3, -0.25) is 4.79 Å². The average molecular weight is 367 g/mol. The van der Waals surface area contributed by atoms with E-state index in [0.717, 1.165) is 17.1 Å². The van der Waals surface area contributed by atoms with Crippen LogP contribution >= 0.6 is 0 Å². The van der Waals surface area contributed by atoms with Gasteiger partial charge in [0.15, 0.2) is 0 Å². The summed E-state index contributed by atoms with van der Waals surface area (Å²) in [6.45, 7) is 10.6. The van der Waals surface area contributed by atoms with Crippen molar-refractivity contribution in [3.8, 4) is 11.5 Å². The highest BCUT2D eigenvalue weighted by atomic mass is 16.5. The first-order valence-corrected chi connectivity index (χ1v) is 9.37. The molecule has 2 aromatic rings. The second-order valence-corrected chi connectivity index (χ2v) is 8.82. The van der Waals surface area contributed by atoms with E-state index >= 15 is 0 Å². The Kier molecular flexibility index (Phi) is 4.94. The number of benzene rings is 2. The monoisotopic (exact) mass is 367 g/mol. The zero-order chi connectivity index (χ0) is 19.8. The van der Waals surface area contributed by atoms with E-state index < -0.39 is 0 Å². The number of fused-ring (bicyclic) bond motifs is 1. The number of carbonyl (C=O) groups excluding carboxylic acids is 1. The number of amides is 1. The van der Waals surface area contributed by atoms with Gasteiger partial charge in [-0.15, -0.1) is 0 Å². The van der Waals surface area contributed by atoms with Crippen molar-refractivity contribution in [3.63, 3.8) is 0 Å². The fourth-order valence-corrected chi connectivity index (χ4v) is 3.45. The number of hydrogen-bond donors (Lipinski definition) is 1. The van der Waals surface area contributed by atoms with Crippen LogP contribution in [0.4, 0.5) is 0 Å². The molecule has 0 saturated heterocycles. The first-order valence-electron chi connectivity index (χ1n) is 9.37. The molecule has 1 amide bonds. The van der Waals surface area contributed by atoms with Gasteiger partial charge in [0.25, 0.3) is 5.91 Å². The van der Waals surface area contributed by atoms with Gasteiger partial charge in [-0.2, -0.15) is 0 Å². The lowest BCUT2D eigenvalue weighted by molar-refractivity contribution is 0.0617. The lowest BCUT2D eigenvalue weighted by Crippen LogP contribution is -2.41. The summed E-state index contributed by atoms with van der Waals surface area (Å²) in [7, 11) is 1.64. The molecule has 0 bridgehead atoms. The van der Waals surface area contributed by atoms with Gasteiger partial charge in [0.2, 0.25) is 0 Å². The van der Waals surface area contributed by atoms with Gasteiger partial charge in [-0.1, -0.05) is 32.9 Å². The van der Waals surface area contributed by atoms with Crippen molar-refractivity contribution in [2.75, 3.05) is 7.11 Å². The molecule has 4 nitrogen and oxygen atoms in total. The second kappa shape index (κ2) is 6.91. The number of nitrogens with one attached hydrogen (secondary N) is 1. The molecule has 2 aromatic carbocycles. The summed E-state index contributed by atoms with van der Waals surface area (Å²) in [6.07, 6.45) is 0.706. The van der Waals surface area contributed by atoms with Crippen LogP contribution in [0.5, 0.6) is 11.5 Å². The standard InChI is InChI=1S/C23H29NO3/c1-22(2,3)16-9-7-15(8-10-16)21(25)24-19-14-23(4,5)27-20-13-17(26-6)11-12-18(19)20/h7-13,19H,14H2,1-6H3,(H,24,25)/t19-/m0/s1. The van der Waals surface area contributed by atoms with Crippen LogP contribution in [-0.4, -0.2) is 18.6 Å². The molecule has 0 unspecified atom stereocenters. The molecule has 1 aliphatic rings. The van der Waals surface area contributed by atoms with E-state index in [4.69, 9.17) is 9.47 Å². The SMILES string of the molecule is COc1ccc2c(c1)OC(C)(C)C[C@@H]2NC(=O)c1ccc(C(C)(C)C)cc1. The third-order valence-electron chi connectivity index (χ3n) is 5.00. The van der Waals surface area contributed by atoms with E-state index in [-0.39, 0.29) is 23.0 Å². The lowest BCUT2D eigenvalue weighted by atomic mass is 9.86. The van der Waals surface area contributed by atoms with Crippen molar-refractivity contribution in [1.29, 1.82) is 0 Å². The molecule has 4 heteroatoms. The summed E-state index contributed by atoms with van der Waals surface area (Å²) in [4.78, 5) is 12.8. The fourth-order valence-electron chi connectivity index (χ4n) is 3.45. The Morgan fingerprint density at radius 1 is 1.15 bits per heavy atom. The van der Waals surface area contributed by atoms with Crippen LogP contribution in [0.1, 0.15) is 68.6 Å². The Morgan fingerprint density at radius 3 is 2.41 bits per heavy atom. The summed E-state index contributed by atoms with van der Waals surface area (Å²) in [5.74, 6) is 1.44. The molecule has 0 aromatic heterocycles. The third-order valence-corrected chi connectivity index (χ3v) is 5.00. The van der Waals surface area contributed by atoms with Crippen LogP contribution in [0.2, 0.25) is 0 Å². The van der Waals surface area contributed by atoms with E-state index in [0.29, 0.717) is 12.0 Å². The van der Waals surface area contributed by atoms with Gasteiger partial charge >= 0.3 is 0 Å². The van der Waals surface area contributed by atoms with Crippen LogP contribution in [0.3, 0.4) is 0 Å². The topological polar surface area (TPSA) is 47.6 Å². The van der Waals surface area contributed by atoms with Gasteiger partial charge in [-0.05, 0) is 49.1 Å². The van der Waals surface area contributed by atoms with E-state index in [1.165, 1.54) is 5.56 Å². The zero-order valence-electron chi connectivity index (χ0n) is 17.1. The molecule has 27 heavy (non-hydrogen) atoms. The molecule has 0 saturated carbocycles. The highest BCUT2D eigenvalue weighted by Crippen LogP contribution is 2.41. The smallest absolute Gasteiger partial charge is 0.251 e. The second-order valence-electron chi connectivity index (χ2n) is 8.82. The highest BCUT2D eigenvalue weighted by Gasteiger charge is 2.35. The van der Waals surface area contributed by atoms with Gasteiger partial charge in [0.1, 0.15) is 17.1 Å². The summed E-state index contributed by atoms with van der Waals surface area (Å²) >= 11 is 0. The maximum atomic E-state index is 12.8. The van der Waals surface area contributed by atoms with Crippen molar-refractivity contribution in [1.82, 2.24) is 5.32 Å². The van der Waals surface area contributed by atoms with Gasteiger partial charge in [-0.25, -0.2) is 0 Å². The summed E-state index contributed by atoms with van der Waals surface area (Å²) in [5.41, 5.74) is 2.56. The molecular formula is C23H29NO3. The van der Waals surface area contributed by atoms with Crippen molar-refractivity contribution >= 4 is 5.91 Å². The maximum absolute atomic E-state index is 12.8. The number of ether oxygens (including phenoxy) is 2. The maximum Gasteiger partial charge on any atom is 0.251 e. The molecular weight excluding hydrogens is 338 g/mol. The Bertz CT molecular complexity index is 832. The van der Waals surface area contributed by atoms with Gasteiger partial charge in [0.05, 0.1) is 13.2 Å². The van der Waals surface area contributed by atoms with Crippen molar-refractivity contribution in [2.24, 2.45) is 0 Å². The zero-order valence-corrected chi connectivity index (χ0v) is 17.1. The molecule has 1 N–H and O–H groups in total. The molecule has 1 atom stereocenters. The number of rotatable bonds is 3. The normalized spacial score (nSPS) is 18.2.